The SMILES string of the molecule is CCOC(=O)c1cc([N+](=O)[O-])cnc1NOCc1ccccc1.O=c1c(-c2ccccc2)c(O)c2cc([N+](=O)[O-])cnc2n1OCc1ccccc1. The highest BCUT2D eigenvalue weighted by Gasteiger charge is 2.23. The van der Waals surface area contributed by atoms with Crippen LogP contribution in [0.3, 0.4) is 0 Å². The van der Waals surface area contributed by atoms with Gasteiger partial charge in [0.25, 0.3) is 16.9 Å². The smallest absolute Gasteiger partial charge is 0.342 e. The maximum atomic E-state index is 13.1. The summed E-state index contributed by atoms with van der Waals surface area (Å²) in [4.78, 5) is 64.6. The van der Waals surface area contributed by atoms with Crippen LogP contribution in [0.25, 0.3) is 22.2 Å². The lowest BCUT2D eigenvalue weighted by Gasteiger charge is -2.15. The average Bonchev–Trinajstić information content (AvgIpc) is 3.16. The van der Waals surface area contributed by atoms with Crippen LogP contribution in [0.4, 0.5) is 17.2 Å². The summed E-state index contributed by atoms with van der Waals surface area (Å²) in [5, 5.41) is 32.8. The number of nitrogens with zero attached hydrogens (tertiary/aromatic N) is 5. The maximum absolute atomic E-state index is 13.1. The molecule has 0 atom stereocenters. The van der Waals surface area contributed by atoms with Crippen LogP contribution in [0.5, 0.6) is 5.75 Å². The van der Waals surface area contributed by atoms with Crippen molar-refractivity contribution >= 4 is 34.2 Å². The number of ether oxygens (including phenoxy) is 1. The maximum Gasteiger partial charge on any atom is 0.342 e. The second-order valence-electron chi connectivity index (χ2n) is 10.7. The van der Waals surface area contributed by atoms with Crippen LogP contribution >= 0.6 is 0 Å². The summed E-state index contributed by atoms with van der Waals surface area (Å²) in [6, 6.07) is 29.4. The highest BCUT2D eigenvalue weighted by Crippen LogP contribution is 2.33. The first-order chi connectivity index (χ1) is 25.2. The Kier molecular flexibility index (Phi) is 11.8. The van der Waals surface area contributed by atoms with Gasteiger partial charge in [-0.2, -0.15) is 0 Å². The van der Waals surface area contributed by atoms with E-state index in [1.54, 1.807) is 37.3 Å². The molecule has 3 aromatic heterocycles. The molecule has 0 aliphatic carbocycles. The van der Waals surface area contributed by atoms with E-state index in [1.165, 1.54) is 6.07 Å². The molecule has 0 aliphatic heterocycles. The molecule has 3 aromatic carbocycles. The number of esters is 1. The van der Waals surface area contributed by atoms with Crippen molar-refractivity contribution in [3.05, 3.63) is 163 Å². The monoisotopic (exact) mass is 706 g/mol. The zero-order valence-electron chi connectivity index (χ0n) is 27.4. The van der Waals surface area contributed by atoms with Gasteiger partial charge in [0.1, 0.15) is 30.3 Å². The van der Waals surface area contributed by atoms with Crippen LogP contribution in [0.2, 0.25) is 0 Å². The minimum absolute atomic E-state index is 0.00582. The molecule has 16 heteroatoms. The van der Waals surface area contributed by atoms with E-state index in [0.29, 0.717) is 5.56 Å². The number of hydrogen-bond donors (Lipinski definition) is 2. The molecule has 0 spiro atoms. The number of carbonyl (C=O) groups is 1. The fourth-order valence-corrected chi connectivity index (χ4v) is 4.78. The van der Waals surface area contributed by atoms with Gasteiger partial charge in [-0.1, -0.05) is 91.0 Å². The third kappa shape index (κ3) is 8.68. The van der Waals surface area contributed by atoms with Crippen molar-refractivity contribution in [2.24, 2.45) is 0 Å². The lowest BCUT2D eigenvalue weighted by molar-refractivity contribution is -0.385. The second-order valence-corrected chi connectivity index (χ2v) is 10.7. The summed E-state index contributed by atoms with van der Waals surface area (Å²) < 4.78 is 5.84. The minimum Gasteiger partial charge on any atom is -0.506 e. The number of aromatic nitrogens is 3. The lowest BCUT2D eigenvalue weighted by atomic mass is 10.0. The predicted octanol–water partition coefficient (Wildman–Crippen LogP) is 6.02. The third-order valence-electron chi connectivity index (χ3n) is 7.24. The van der Waals surface area contributed by atoms with Gasteiger partial charge >= 0.3 is 5.97 Å². The Morgan fingerprint density at radius 3 is 1.98 bits per heavy atom. The number of nitro groups is 2. The Balaban J connectivity index is 0.000000207. The van der Waals surface area contributed by atoms with Crippen LogP contribution < -0.4 is 15.9 Å². The summed E-state index contributed by atoms with van der Waals surface area (Å²) in [5.74, 6) is -1.04. The number of anilines is 1. The summed E-state index contributed by atoms with van der Waals surface area (Å²) >= 11 is 0. The van der Waals surface area contributed by atoms with Crippen molar-refractivity contribution < 1.29 is 34.2 Å². The molecular weight excluding hydrogens is 676 g/mol. The van der Waals surface area contributed by atoms with Gasteiger partial charge in [0.05, 0.1) is 34.0 Å². The quantitative estimate of drug-likeness (QED) is 0.0848. The fourth-order valence-electron chi connectivity index (χ4n) is 4.78. The number of nitrogens with one attached hydrogen (secondary N) is 1. The van der Waals surface area contributed by atoms with Gasteiger partial charge in [0, 0.05) is 12.1 Å². The van der Waals surface area contributed by atoms with Crippen molar-refractivity contribution in [1.82, 2.24) is 14.7 Å². The van der Waals surface area contributed by atoms with Crippen molar-refractivity contribution in [3.8, 4) is 16.9 Å². The van der Waals surface area contributed by atoms with E-state index in [2.05, 4.69) is 15.4 Å². The average molecular weight is 707 g/mol. The fraction of sp³-hybridized carbons (Fsp3) is 0.111. The van der Waals surface area contributed by atoms with E-state index in [-0.39, 0.29) is 64.9 Å². The molecule has 0 unspecified atom stereocenters. The van der Waals surface area contributed by atoms with Gasteiger partial charge in [-0.3, -0.25) is 29.9 Å². The Morgan fingerprint density at radius 2 is 1.38 bits per heavy atom. The van der Waals surface area contributed by atoms with E-state index in [0.717, 1.165) is 34.3 Å². The van der Waals surface area contributed by atoms with E-state index < -0.39 is 21.4 Å². The molecule has 0 fully saturated rings. The Bertz CT molecular complexity index is 2250. The highest BCUT2D eigenvalue weighted by molar-refractivity contribution is 5.95. The zero-order chi connectivity index (χ0) is 37.0. The number of hydrogen-bond acceptors (Lipinski definition) is 13. The number of aromatic hydroxyl groups is 1. The summed E-state index contributed by atoms with van der Waals surface area (Å²) in [6.07, 6.45) is 2.06. The predicted molar refractivity (Wildman–Crippen MR) is 188 cm³/mol. The first-order valence-electron chi connectivity index (χ1n) is 15.6. The van der Waals surface area contributed by atoms with E-state index in [9.17, 15) is 34.9 Å². The van der Waals surface area contributed by atoms with Crippen molar-refractivity contribution in [3.63, 3.8) is 0 Å². The van der Waals surface area contributed by atoms with Crippen molar-refractivity contribution in [2.75, 3.05) is 12.1 Å². The van der Waals surface area contributed by atoms with Gasteiger partial charge in [-0.05, 0) is 23.6 Å². The van der Waals surface area contributed by atoms with Gasteiger partial charge < -0.3 is 14.7 Å². The number of carbonyl (C=O) groups excluding carboxylic acids is 1. The first kappa shape index (κ1) is 36.1. The van der Waals surface area contributed by atoms with Crippen molar-refractivity contribution in [1.29, 1.82) is 0 Å². The van der Waals surface area contributed by atoms with Crippen LogP contribution in [0, 0.1) is 20.2 Å². The molecule has 0 radical (unpaired) electrons. The Hall–Kier alpha value is -7.20. The minimum atomic E-state index is -0.713. The second kappa shape index (κ2) is 17.0. The zero-order valence-corrected chi connectivity index (χ0v) is 27.4. The van der Waals surface area contributed by atoms with Gasteiger partial charge in [-0.25, -0.2) is 20.2 Å². The topological polar surface area (TPSA) is 211 Å². The van der Waals surface area contributed by atoms with Gasteiger partial charge in [0.15, 0.2) is 11.5 Å². The molecule has 264 valence electrons. The van der Waals surface area contributed by atoms with Crippen LogP contribution in [-0.4, -0.2) is 42.2 Å². The van der Waals surface area contributed by atoms with Crippen LogP contribution in [-0.2, 0) is 22.8 Å². The molecule has 16 nitrogen and oxygen atoms in total. The molecule has 6 rings (SSSR count). The third-order valence-corrected chi connectivity index (χ3v) is 7.24. The molecule has 0 saturated heterocycles. The molecule has 6 aromatic rings. The normalized spacial score (nSPS) is 10.5. The standard InChI is InChI=1S/C21H15N3O5.C15H15N3O5/c25-19-17-11-16(24(27)28)12-22-20(17)23(29-13-14-7-3-1-4-8-14)21(26)18(19)15-9-5-2-6-10-15;1-2-22-15(19)13-8-12(18(20)21)9-16-14(13)17-23-10-11-6-4-3-5-7-11/h1-12,25H,13H2;3-9H,2,10H2,1H3,(H,16,17). The molecule has 2 N–H and O–H groups in total. The molecule has 0 aliphatic rings. The Labute approximate surface area is 294 Å². The highest BCUT2D eigenvalue weighted by atomic mass is 16.7. The number of benzene rings is 3. The Morgan fingerprint density at radius 1 is 0.827 bits per heavy atom. The largest absolute Gasteiger partial charge is 0.506 e. The van der Waals surface area contributed by atoms with Crippen LogP contribution in [0.1, 0.15) is 28.4 Å². The first-order valence-corrected chi connectivity index (χ1v) is 15.6. The number of fused-ring (bicyclic) bond motifs is 1. The lowest BCUT2D eigenvalue weighted by Crippen LogP contribution is -2.29. The van der Waals surface area contributed by atoms with E-state index in [1.807, 2.05) is 60.7 Å². The van der Waals surface area contributed by atoms with Gasteiger partial charge in [-0.15, -0.1) is 4.73 Å². The van der Waals surface area contributed by atoms with E-state index in [4.69, 9.17) is 14.4 Å². The summed E-state index contributed by atoms with van der Waals surface area (Å²) in [6.45, 7) is 2.10. The number of rotatable bonds is 12. The molecule has 3 heterocycles. The molecule has 52 heavy (non-hydrogen) atoms. The molecular formula is C36H30N6O10. The van der Waals surface area contributed by atoms with Crippen LogP contribution in [0.15, 0.2) is 120 Å². The summed E-state index contributed by atoms with van der Waals surface area (Å²) in [7, 11) is 0. The van der Waals surface area contributed by atoms with Crippen molar-refractivity contribution in [2.45, 2.75) is 20.1 Å². The molecule has 0 saturated carbocycles. The molecule has 0 bridgehead atoms. The van der Waals surface area contributed by atoms with E-state index >= 15 is 0 Å². The van der Waals surface area contributed by atoms with Gasteiger partial charge in [0.2, 0.25) is 0 Å². The summed E-state index contributed by atoms with van der Waals surface area (Å²) in [5.41, 5.74) is 3.42. The number of pyridine rings is 3. The molecule has 0 amide bonds.